The summed E-state index contributed by atoms with van der Waals surface area (Å²) in [7, 11) is 0. The van der Waals surface area contributed by atoms with Gasteiger partial charge < -0.3 is 15.4 Å². The SMILES string of the molecule is CC(C)(C)NC(=O)C1CC1C(=O)NCC1CCCO1. The highest BCUT2D eigenvalue weighted by atomic mass is 16.5. The van der Waals surface area contributed by atoms with Gasteiger partial charge in [0.25, 0.3) is 0 Å². The Morgan fingerprint density at radius 2 is 1.89 bits per heavy atom. The average molecular weight is 268 g/mol. The zero-order valence-corrected chi connectivity index (χ0v) is 12.0. The van der Waals surface area contributed by atoms with Gasteiger partial charge in [0.2, 0.25) is 11.8 Å². The normalized spacial score (nSPS) is 29.9. The first-order valence-corrected chi connectivity index (χ1v) is 7.08. The lowest BCUT2D eigenvalue weighted by atomic mass is 10.1. The Kier molecular flexibility index (Phi) is 4.13. The van der Waals surface area contributed by atoms with Crippen LogP contribution >= 0.6 is 0 Å². The standard InChI is InChI=1S/C14H24N2O3/c1-14(2,3)16-13(18)11-7-10(11)12(17)15-8-9-5-4-6-19-9/h9-11H,4-8H2,1-3H3,(H,15,17)(H,16,18). The van der Waals surface area contributed by atoms with Crippen LogP contribution in [0.25, 0.3) is 0 Å². The molecule has 0 aromatic rings. The van der Waals surface area contributed by atoms with Gasteiger partial charge in [-0.2, -0.15) is 0 Å². The lowest BCUT2D eigenvalue weighted by molar-refractivity contribution is -0.128. The minimum atomic E-state index is -0.238. The number of rotatable bonds is 4. The molecule has 1 saturated carbocycles. The fourth-order valence-corrected chi connectivity index (χ4v) is 2.39. The van der Waals surface area contributed by atoms with Gasteiger partial charge in [0, 0.05) is 18.7 Å². The van der Waals surface area contributed by atoms with E-state index in [1.165, 1.54) is 0 Å². The van der Waals surface area contributed by atoms with Crippen LogP contribution in [0.5, 0.6) is 0 Å². The minimum Gasteiger partial charge on any atom is -0.376 e. The van der Waals surface area contributed by atoms with Crippen molar-refractivity contribution in [2.45, 2.75) is 51.7 Å². The number of hydrogen-bond acceptors (Lipinski definition) is 3. The summed E-state index contributed by atoms with van der Waals surface area (Å²) in [6.07, 6.45) is 2.91. The lowest BCUT2D eigenvalue weighted by Gasteiger charge is -2.20. The zero-order chi connectivity index (χ0) is 14.0. The van der Waals surface area contributed by atoms with Crippen LogP contribution in [-0.4, -0.2) is 36.6 Å². The molecule has 5 nitrogen and oxygen atoms in total. The van der Waals surface area contributed by atoms with Crippen molar-refractivity contribution in [3.8, 4) is 0 Å². The molecule has 2 N–H and O–H groups in total. The Morgan fingerprint density at radius 3 is 2.47 bits per heavy atom. The second-order valence-corrected chi connectivity index (χ2v) is 6.57. The summed E-state index contributed by atoms with van der Waals surface area (Å²) in [6, 6.07) is 0. The van der Waals surface area contributed by atoms with E-state index in [1.54, 1.807) is 0 Å². The van der Waals surface area contributed by atoms with Crippen LogP contribution < -0.4 is 10.6 Å². The van der Waals surface area contributed by atoms with Crippen molar-refractivity contribution in [1.82, 2.24) is 10.6 Å². The van der Waals surface area contributed by atoms with Gasteiger partial charge >= 0.3 is 0 Å². The van der Waals surface area contributed by atoms with Gasteiger partial charge in [-0.05, 0) is 40.0 Å². The van der Waals surface area contributed by atoms with Gasteiger partial charge in [-0.3, -0.25) is 9.59 Å². The Bertz CT molecular complexity index is 356. The van der Waals surface area contributed by atoms with Crippen molar-refractivity contribution < 1.29 is 14.3 Å². The van der Waals surface area contributed by atoms with Gasteiger partial charge in [0.05, 0.1) is 17.9 Å². The number of amides is 2. The largest absolute Gasteiger partial charge is 0.376 e. The Hall–Kier alpha value is -1.10. The van der Waals surface area contributed by atoms with E-state index in [-0.39, 0.29) is 35.3 Å². The fourth-order valence-electron chi connectivity index (χ4n) is 2.39. The van der Waals surface area contributed by atoms with Crippen LogP contribution in [0, 0.1) is 11.8 Å². The van der Waals surface area contributed by atoms with Crippen molar-refractivity contribution >= 4 is 11.8 Å². The topological polar surface area (TPSA) is 67.4 Å². The molecule has 3 unspecified atom stereocenters. The maximum atomic E-state index is 11.9. The van der Waals surface area contributed by atoms with E-state index in [9.17, 15) is 9.59 Å². The second-order valence-electron chi connectivity index (χ2n) is 6.57. The summed E-state index contributed by atoms with van der Waals surface area (Å²) in [5.41, 5.74) is -0.238. The lowest BCUT2D eigenvalue weighted by Crippen LogP contribution is -2.42. The predicted molar refractivity (Wildman–Crippen MR) is 71.5 cm³/mol. The molecule has 2 rings (SSSR count). The maximum absolute atomic E-state index is 11.9. The molecule has 0 spiro atoms. The van der Waals surface area contributed by atoms with Crippen LogP contribution in [0.3, 0.4) is 0 Å². The number of carbonyl (C=O) groups excluding carboxylic acids is 2. The number of carbonyl (C=O) groups is 2. The van der Waals surface area contributed by atoms with E-state index in [1.807, 2.05) is 20.8 Å². The quantitative estimate of drug-likeness (QED) is 0.793. The van der Waals surface area contributed by atoms with E-state index in [0.29, 0.717) is 13.0 Å². The van der Waals surface area contributed by atoms with Crippen LogP contribution in [0.1, 0.15) is 40.0 Å². The van der Waals surface area contributed by atoms with Crippen molar-refractivity contribution in [3.63, 3.8) is 0 Å². The third kappa shape index (κ3) is 4.20. The van der Waals surface area contributed by atoms with Gasteiger partial charge in [0.1, 0.15) is 0 Å². The summed E-state index contributed by atoms with van der Waals surface area (Å²) in [5, 5.41) is 5.81. The molecule has 1 aliphatic heterocycles. The first kappa shape index (κ1) is 14.3. The van der Waals surface area contributed by atoms with Crippen LogP contribution in [0.2, 0.25) is 0 Å². The summed E-state index contributed by atoms with van der Waals surface area (Å²) in [6.45, 7) is 7.20. The van der Waals surface area contributed by atoms with Crippen molar-refractivity contribution in [3.05, 3.63) is 0 Å². The smallest absolute Gasteiger partial charge is 0.224 e. The Labute approximate surface area is 114 Å². The first-order valence-electron chi connectivity index (χ1n) is 7.08. The van der Waals surface area contributed by atoms with E-state index in [0.717, 1.165) is 19.4 Å². The number of nitrogens with one attached hydrogen (secondary N) is 2. The molecule has 5 heteroatoms. The number of hydrogen-bond donors (Lipinski definition) is 2. The van der Waals surface area contributed by atoms with Gasteiger partial charge in [-0.15, -0.1) is 0 Å². The Morgan fingerprint density at radius 1 is 1.21 bits per heavy atom. The highest BCUT2D eigenvalue weighted by Crippen LogP contribution is 2.39. The van der Waals surface area contributed by atoms with E-state index < -0.39 is 0 Å². The fraction of sp³-hybridized carbons (Fsp3) is 0.857. The molecule has 2 fully saturated rings. The zero-order valence-electron chi connectivity index (χ0n) is 12.0. The highest BCUT2D eigenvalue weighted by Gasteiger charge is 2.48. The molecule has 1 saturated heterocycles. The summed E-state index contributed by atoms with van der Waals surface area (Å²) < 4.78 is 5.45. The molecule has 0 aromatic heterocycles. The Balaban J connectivity index is 1.69. The molecule has 0 aromatic carbocycles. The summed E-state index contributed by atoms with van der Waals surface area (Å²) in [4.78, 5) is 23.8. The molecule has 1 heterocycles. The molecular formula is C14H24N2O3. The maximum Gasteiger partial charge on any atom is 0.224 e. The molecule has 3 atom stereocenters. The van der Waals surface area contributed by atoms with Crippen molar-refractivity contribution in [2.24, 2.45) is 11.8 Å². The summed E-state index contributed by atoms with van der Waals surface area (Å²) in [5.74, 6) is -0.318. The molecule has 2 aliphatic rings. The van der Waals surface area contributed by atoms with Gasteiger partial charge in [0.15, 0.2) is 0 Å². The van der Waals surface area contributed by atoms with Gasteiger partial charge in [-0.25, -0.2) is 0 Å². The van der Waals surface area contributed by atoms with Gasteiger partial charge in [-0.1, -0.05) is 0 Å². The van der Waals surface area contributed by atoms with Crippen LogP contribution in [0.15, 0.2) is 0 Å². The monoisotopic (exact) mass is 268 g/mol. The highest BCUT2D eigenvalue weighted by molar-refractivity contribution is 5.92. The average Bonchev–Trinajstić information content (AvgIpc) is 2.93. The van der Waals surface area contributed by atoms with Crippen LogP contribution in [-0.2, 0) is 14.3 Å². The van der Waals surface area contributed by atoms with Crippen LogP contribution in [0.4, 0.5) is 0 Å². The molecular weight excluding hydrogens is 244 g/mol. The number of ether oxygens (including phenoxy) is 1. The van der Waals surface area contributed by atoms with E-state index in [2.05, 4.69) is 10.6 Å². The van der Waals surface area contributed by atoms with Crippen molar-refractivity contribution in [1.29, 1.82) is 0 Å². The third-order valence-corrected chi connectivity index (χ3v) is 3.49. The minimum absolute atomic E-state index is 0.00948. The molecule has 19 heavy (non-hydrogen) atoms. The first-order chi connectivity index (χ1) is 8.87. The molecule has 0 bridgehead atoms. The predicted octanol–water partition coefficient (Wildman–Crippen LogP) is 0.832. The van der Waals surface area contributed by atoms with E-state index in [4.69, 9.17) is 4.74 Å². The molecule has 108 valence electrons. The van der Waals surface area contributed by atoms with Crippen molar-refractivity contribution in [2.75, 3.05) is 13.2 Å². The second kappa shape index (κ2) is 5.49. The third-order valence-electron chi connectivity index (χ3n) is 3.49. The molecule has 1 aliphatic carbocycles. The van der Waals surface area contributed by atoms with E-state index >= 15 is 0 Å². The molecule has 0 radical (unpaired) electrons. The summed E-state index contributed by atoms with van der Waals surface area (Å²) >= 11 is 0. The molecule has 2 amide bonds.